The first-order valence-electron chi connectivity index (χ1n) is 5.30. The van der Waals surface area contributed by atoms with Crippen molar-refractivity contribution in [3.8, 4) is 0 Å². The van der Waals surface area contributed by atoms with Crippen LogP contribution in [0.25, 0.3) is 0 Å². The number of carbonyl (C=O) groups excluding carboxylic acids is 1. The van der Waals surface area contributed by atoms with Gasteiger partial charge in [0.2, 0.25) is 0 Å². The summed E-state index contributed by atoms with van der Waals surface area (Å²) in [7, 11) is 0. The zero-order valence-electron chi connectivity index (χ0n) is 9.80. The molecule has 7 heteroatoms. The number of hydrogen-bond donors (Lipinski definition) is 3. The number of nitrogens with one attached hydrogen (secondary N) is 2. The maximum atomic E-state index is 12.0. The number of carbonyl (C=O) groups is 1. The Morgan fingerprint density at radius 3 is 3.06 bits per heavy atom. The van der Waals surface area contributed by atoms with Gasteiger partial charge in [0.25, 0.3) is 5.91 Å². The summed E-state index contributed by atoms with van der Waals surface area (Å²) in [5, 5.41) is 2.83. The van der Waals surface area contributed by atoms with Crippen molar-refractivity contribution in [2.75, 3.05) is 5.43 Å². The van der Waals surface area contributed by atoms with Gasteiger partial charge in [-0.3, -0.25) is 15.6 Å². The van der Waals surface area contributed by atoms with Crippen molar-refractivity contribution in [2.24, 2.45) is 5.84 Å². The van der Waals surface area contributed by atoms with Crippen LogP contribution in [-0.2, 0) is 6.54 Å². The van der Waals surface area contributed by atoms with Gasteiger partial charge in [-0.25, -0.2) is 4.98 Å². The van der Waals surface area contributed by atoms with Crippen molar-refractivity contribution < 1.29 is 4.79 Å². The lowest BCUT2D eigenvalue weighted by Crippen LogP contribution is -2.24. The topological polar surface area (TPSA) is 92.9 Å². The molecule has 0 aliphatic carbocycles. The molecule has 0 spiro atoms. The summed E-state index contributed by atoms with van der Waals surface area (Å²) in [6.45, 7) is 2.37. The van der Waals surface area contributed by atoms with Crippen LogP contribution < -0.4 is 16.6 Å². The lowest BCUT2D eigenvalue weighted by Gasteiger charge is -2.08. The molecule has 0 saturated carbocycles. The Kier molecular flexibility index (Phi) is 3.85. The van der Waals surface area contributed by atoms with E-state index in [0.29, 0.717) is 17.8 Å². The molecule has 1 amide bonds. The van der Waals surface area contributed by atoms with E-state index in [0.717, 1.165) is 10.6 Å². The first kappa shape index (κ1) is 12.5. The summed E-state index contributed by atoms with van der Waals surface area (Å²) < 4.78 is 0. The number of aromatic nitrogens is 2. The third-order valence-corrected chi connectivity index (χ3v) is 3.41. The maximum Gasteiger partial charge on any atom is 0.253 e. The Balaban J connectivity index is 2.06. The van der Waals surface area contributed by atoms with Crippen LogP contribution in [0.1, 0.15) is 20.9 Å². The van der Waals surface area contributed by atoms with Crippen LogP contribution in [0.15, 0.2) is 24.0 Å². The third kappa shape index (κ3) is 2.63. The summed E-state index contributed by atoms with van der Waals surface area (Å²) in [4.78, 5) is 21.0. The van der Waals surface area contributed by atoms with Gasteiger partial charge in [-0.2, -0.15) is 0 Å². The molecule has 6 nitrogen and oxygen atoms in total. The number of nitrogens with two attached hydrogens (primary N) is 1. The smallest absolute Gasteiger partial charge is 0.253 e. The highest BCUT2D eigenvalue weighted by atomic mass is 32.1. The summed E-state index contributed by atoms with van der Waals surface area (Å²) in [5.41, 5.74) is 6.11. The average molecular weight is 263 g/mol. The molecule has 2 aromatic heterocycles. The van der Waals surface area contributed by atoms with E-state index in [9.17, 15) is 4.79 Å². The molecule has 0 saturated heterocycles. The maximum absolute atomic E-state index is 12.0. The summed E-state index contributed by atoms with van der Waals surface area (Å²) in [6.07, 6.45) is 3.06. The van der Waals surface area contributed by atoms with Gasteiger partial charge in [-0.1, -0.05) is 0 Å². The van der Waals surface area contributed by atoms with Crippen molar-refractivity contribution in [3.05, 3.63) is 40.1 Å². The van der Waals surface area contributed by atoms with E-state index in [1.807, 2.05) is 6.92 Å². The number of hydrazine groups is 1. The van der Waals surface area contributed by atoms with E-state index < -0.39 is 0 Å². The highest BCUT2D eigenvalue weighted by Gasteiger charge is 2.11. The van der Waals surface area contributed by atoms with Crippen LogP contribution in [0.2, 0.25) is 0 Å². The number of pyridine rings is 1. The van der Waals surface area contributed by atoms with Gasteiger partial charge >= 0.3 is 0 Å². The van der Waals surface area contributed by atoms with Gasteiger partial charge < -0.3 is 10.7 Å². The molecule has 0 bridgehead atoms. The van der Waals surface area contributed by atoms with E-state index in [1.165, 1.54) is 17.5 Å². The molecule has 2 heterocycles. The number of nitrogen functional groups attached to an aromatic ring is 1. The quantitative estimate of drug-likeness (QED) is 0.566. The number of hydrogen-bond acceptors (Lipinski definition) is 6. The molecule has 0 aliphatic rings. The predicted octanol–water partition coefficient (Wildman–Crippen LogP) is 1.06. The van der Waals surface area contributed by atoms with Crippen LogP contribution in [0.5, 0.6) is 0 Å². The first-order chi connectivity index (χ1) is 8.72. The minimum atomic E-state index is -0.196. The van der Waals surface area contributed by atoms with Crippen molar-refractivity contribution in [1.82, 2.24) is 15.3 Å². The largest absolute Gasteiger partial charge is 0.347 e. The highest BCUT2D eigenvalue weighted by Crippen LogP contribution is 2.14. The molecule has 2 rings (SSSR count). The molecule has 0 aliphatic heterocycles. The lowest BCUT2D eigenvalue weighted by molar-refractivity contribution is 0.0952. The Hall–Kier alpha value is -1.99. The zero-order chi connectivity index (χ0) is 13.0. The number of nitrogens with zero attached hydrogens (tertiary/aromatic N) is 2. The lowest BCUT2D eigenvalue weighted by atomic mass is 10.2. The fourth-order valence-corrected chi connectivity index (χ4v) is 2.18. The van der Waals surface area contributed by atoms with E-state index in [-0.39, 0.29) is 5.91 Å². The van der Waals surface area contributed by atoms with Crippen LogP contribution in [0.4, 0.5) is 5.69 Å². The highest BCUT2D eigenvalue weighted by molar-refractivity contribution is 7.09. The van der Waals surface area contributed by atoms with E-state index in [1.54, 1.807) is 17.8 Å². The summed E-state index contributed by atoms with van der Waals surface area (Å²) in [5.74, 6) is 5.13. The third-order valence-electron chi connectivity index (χ3n) is 2.48. The normalized spacial score (nSPS) is 10.1. The van der Waals surface area contributed by atoms with E-state index in [2.05, 4.69) is 20.7 Å². The summed E-state index contributed by atoms with van der Waals surface area (Å²) >= 11 is 1.52. The second-order valence-electron chi connectivity index (χ2n) is 3.61. The van der Waals surface area contributed by atoms with Crippen LogP contribution in [-0.4, -0.2) is 15.9 Å². The minimum Gasteiger partial charge on any atom is -0.347 e. The van der Waals surface area contributed by atoms with Gasteiger partial charge in [0, 0.05) is 11.1 Å². The predicted molar refractivity (Wildman–Crippen MR) is 70.1 cm³/mol. The monoisotopic (exact) mass is 263 g/mol. The first-order valence-corrected chi connectivity index (χ1v) is 6.18. The number of rotatable bonds is 4. The van der Waals surface area contributed by atoms with Crippen molar-refractivity contribution >= 4 is 22.9 Å². The second-order valence-corrected chi connectivity index (χ2v) is 4.55. The van der Waals surface area contributed by atoms with Crippen LogP contribution >= 0.6 is 11.3 Å². The van der Waals surface area contributed by atoms with Gasteiger partial charge in [0.05, 0.1) is 35.2 Å². The fraction of sp³-hybridized carbons (Fsp3) is 0.182. The molecular weight excluding hydrogens is 250 g/mol. The number of anilines is 1. The van der Waals surface area contributed by atoms with Crippen molar-refractivity contribution in [3.63, 3.8) is 0 Å². The number of amides is 1. The van der Waals surface area contributed by atoms with Gasteiger partial charge in [-0.05, 0) is 13.0 Å². The molecule has 18 heavy (non-hydrogen) atoms. The van der Waals surface area contributed by atoms with Crippen LogP contribution in [0.3, 0.4) is 0 Å². The Labute approximate surface area is 108 Å². The number of thiazole rings is 1. The van der Waals surface area contributed by atoms with E-state index in [4.69, 9.17) is 5.84 Å². The molecular formula is C11H13N5OS. The number of aryl methyl sites for hydroxylation is 1. The zero-order valence-corrected chi connectivity index (χ0v) is 10.6. The van der Waals surface area contributed by atoms with Gasteiger partial charge in [-0.15, -0.1) is 11.3 Å². The average Bonchev–Trinajstić information content (AvgIpc) is 2.81. The standard InChI is InChI=1S/C11H13N5OS/c1-7-10(18-6-15-7)5-14-11(17)8-2-3-13-4-9(8)16-12/h2-4,6,16H,5,12H2,1H3,(H,14,17). The molecule has 0 aromatic carbocycles. The van der Waals surface area contributed by atoms with Gasteiger partial charge in [0.1, 0.15) is 0 Å². The molecule has 94 valence electrons. The molecule has 0 radical (unpaired) electrons. The minimum absolute atomic E-state index is 0.196. The molecule has 0 fully saturated rings. The Morgan fingerprint density at radius 2 is 2.39 bits per heavy atom. The SMILES string of the molecule is Cc1ncsc1CNC(=O)c1ccncc1NN. The molecule has 2 aromatic rings. The van der Waals surface area contributed by atoms with Crippen molar-refractivity contribution in [1.29, 1.82) is 0 Å². The Bertz CT molecular complexity index is 554. The Morgan fingerprint density at radius 1 is 1.56 bits per heavy atom. The van der Waals surface area contributed by atoms with Crippen LogP contribution in [0, 0.1) is 6.92 Å². The molecule has 0 unspecified atom stereocenters. The van der Waals surface area contributed by atoms with E-state index >= 15 is 0 Å². The molecule has 0 atom stereocenters. The molecule has 4 N–H and O–H groups in total. The second kappa shape index (κ2) is 5.56. The van der Waals surface area contributed by atoms with Gasteiger partial charge in [0.15, 0.2) is 0 Å². The van der Waals surface area contributed by atoms with Crippen molar-refractivity contribution in [2.45, 2.75) is 13.5 Å². The fourth-order valence-electron chi connectivity index (χ4n) is 1.46. The summed E-state index contributed by atoms with van der Waals surface area (Å²) in [6, 6.07) is 1.62.